The summed E-state index contributed by atoms with van der Waals surface area (Å²) in [6, 6.07) is 2.98. The van der Waals surface area contributed by atoms with Crippen molar-refractivity contribution in [3.8, 4) is 0 Å². The van der Waals surface area contributed by atoms with Crippen LogP contribution in [0.2, 0.25) is 0 Å². The third-order valence-electron chi connectivity index (χ3n) is 3.75. The van der Waals surface area contributed by atoms with Crippen LogP contribution >= 0.6 is 0 Å². The zero-order valence-electron chi connectivity index (χ0n) is 13.2. The minimum absolute atomic E-state index is 0.394. The summed E-state index contributed by atoms with van der Waals surface area (Å²) in [5, 5.41) is 7.32. The Bertz CT molecular complexity index is 619. The van der Waals surface area contributed by atoms with Gasteiger partial charge in [0, 0.05) is 39.3 Å². The highest BCUT2D eigenvalue weighted by molar-refractivity contribution is 5.48. The maximum absolute atomic E-state index is 5.22. The lowest BCUT2D eigenvalue weighted by Crippen LogP contribution is -2.39. The number of rotatable bonds is 4. The van der Waals surface area contributed by atoms with Gasteiger partial charge in [0.15, 0.2) is 5.82 Å². The SMILES string of the molecule is Cc1noc(N2CCC(Nc3cc(N(C)C)ncn3)CC2)n1. The topological polar surface area (TPSA) is 83.2 Å². The molecule has 2 aromatic rings. The number of aryl methyl sites for hydroxylation is 1. The van der Waals surface area contributed by atoms with Crippen molar-refractivity contribution in [2.75, 3.05) is 42.3 Å². The van der Waals surface area contributed by atoms with Crippen molar-refractivity contribution in [2.45, 2.75) is 25.8 Å². The molecule has 0 unspecified atom stereocenters. The Kier molecular flexibility index (Phi) is 4.08. The fourth-order valence-corrected chi connectivity index (χ4v) is 2.51. The Morgan fingerprint density at radius 2 is 2.05 bits per heavy atom. The summed E-state index contributed by atoms with van der Waals surface area (Å²) in [6.45, 7) is 3.62. The Balaban J connectivity index is 1.57. The summed E-state index contributed by atoms with van der Waals surface area (Å²) in [4.78, 5) is 16.9. The van der Waals surface area contributed by atoms with Crippen LogP contribution in [0.5, 0.6) is 0 Å². The van der Waals surface area contributed by atoms with Crippen molar-refractivity contribution >= 4 is 17.7 Å². The van der Waals surface area contributed by atoms with E-state index in [9.17, 15) is 0 Å². The lowest BCUT2D eigenvalue weighted by Gasteiger charge is -2.31. The van der Waals surface area contributed by atoms with Crippen molar-refractivity contribution in [3.05, 3.63) is 18.2 Å². The molecule has 0 saturated carbocycles. The fourth-order valence-electron chi connectivity index (χ4n) is 2.51. The number of hydrogen-bond donors (Lipinski definition) is 1. The van der Waals surface area contributed by atoms with Gasteiger partial charge < -0.3 is 19.6 Å². The van der Waals surface area contributed by atoms with E-state index in [1.807, 2.05) is 32.0 Å². The molecule has 8 nitrogen and oxygen atoms in total. The molecular weight excluding hydrogens is 282 g/mol. The zero-order chi connectivity index (χ0) is 15.5. The Morgan fingerprint density at radius 3 is 2.68 bits per heavy atom. The predicted molar refractivity (Wildman–Crippen MR) is 84.3 cm³/mol. The van der Waals surface area contributed by atoms with E-state index in [0.717, 1.165) is 37.6 Å². The second kappa shape index (κ2) is 6.17. The predicted octanol–water partition coefficient (Wildman–Crippen LogP) is 1.31. The molecule has 0 aromatic carbocycles. The molecule has 1 aliphatic rings. The van der Waals surface area contributed by atoms with Crippen LogP contribution in [0.3, 0.4) is 0 Å². The molecule has 0 spiro atoms. The number of nitrogens with one attached hydrogen (secondary N) is 1. The first kappa shape index (κ1) is 14.6. The molecule has 8 heteroatoms. The highest BCUT2D eigenvalue weighted by atomic mass is 16.5. The molecule has 0 aliphatic carbocycles. The van der Waals surface area contributed by atoms with Gasteiger partial charge in [0.1, 0.15) is 18.0 Å². The monoisotopic (exact) mass is 303 g/mol. The first-order chi connectivity index (χ1) is 10.6. The van der Waals surface area contributed by atoms with Crippen LogP contribution in [-0.2, 0) is 0 Å². The molecule has 1 fully saturated rings. The van der Waals surface area contributed by atoms with E-state index in [2.05, 4.69) is 30.3 Å². The van der Waals surface area contributed by atoms with E-state index in [-0.39, 0.29) is 0 Å². The van der Waals surface area contributed by atoms with Crippen LogP contribution in [0.1, 0.15) is 18.7 Å². The van der Waals surface area contributed by atoms with E-state index in [0.29, 0.717) is 17.9 Å². The van der Waals surface area contributed by atoms with E-state index in [1.54, 1.807) is 6.33 Å². The molecule has 2 aromatic heterocycles. The molecule has 1 saturated heterocycles. The lowest BCUT2D eigenvalue weighted by atomic mass is 10.1. The molecule has 0 amide bonds. The summed E-state index contributed by atoms with van der Waals surface area (Å²) in [7, 11) is 3.94. The lowest BCUT2D eigenvalue weighted by molar-refractivity contribution is 0.394. The molecular formula is C14H21N7O. The maximum atomic E-state index is 5.22. The van der Waals surface area contributed by atoms with Crippen LogP contribution in [0.25, 0.3) is 0 Å². The van der Waals surface area contributed by atoms with E-state index in [1.165, 1.54) is 0 Å². The average Bonchev–Trinajstić information content (AvgIpc) is 2.95. The Hall–Kier alpha value is -2.38. The third-order valence-corrected chi connectivity index (χ3v) is 3.75. The number of nitrogens with zero attached hydrogens (tertiary/aromatic N) is 6. The van der Waals surface area contributed by atoms with Crippen LogP contribution in [0.15, 0.2) is 16.9 Å². The molecule has 22 heavy (non-hydrogen) atoms. The highest BCUT2D eigenvalue weighted by Gasteiger charge is 2.22. The third kappa shape index (κ3) is 3.26. The first-order valence-electron chi connectivity index (χ1n) is 7.43. The van der Waals surface area contributed by atoms with Gasteiger partial charge in [-0.1, -0.05) is 5.16 Å². The summed E-state index contributed by atoms with van der Waals surface area (Å²) in [6.07, 6.45) is 3.60. The number of hydrogen-bond acceptors (Lipinski definition) is 8. The maximum Gasteiger partial charge on any atom is 0.324 e. The van der Waals surface area contributed by atoms with E-state index in [4.69, 9.17) is 4.52 Å². The van der Waals surface area contributed by atoms with Gasteiger partial charge in [0.05, 0.1) is 0 Å². The van der Waals surface area contributed by atoms with Crippen molar-refractivity contribution in [1.29, 1.82) is 0 Å². The standard InChI is InChI=1S/C14H21N7O/c1-10-17-14(22-19-10)21-6-4-11(5-7-21)18-12-8-13(20(2)3)16-9-15-12/h8-9,11H,4-7H2,1-3H3,(H,15,16,18). The van der Waals surface area contributed by atoms with Gasteiger partial charge in [0.2, 0.25) is 0 Å². The summed E-state index contributed by atoms with van der Waals surface area (Å²) in [5.74, 6) is 2.44. The zero-order valence-corrected chi connectivity index (χ0v) is 13.2. The Morgan fingerprint density at radius 1 is 1.27 bits per heavy atom. The van der Waals surface area contributed by atoms with Crippen molar-refractivity contribution in [2.24, 2.45) is 0 Å². The largest absolute Gasteiger partial charge is 0.367 e. The fraction of sp³-hybridized carbons (Fsp3) is 0.571. The van der Waals surface area contributed by atoms with Gasteiger partial charge in [-0.3, -0.25) is 0 Å². The number of piperidine rings is 1. The van der Waals surface area contributed by atoms with Crippen LogP contribution in [0.4, 0.5) is 17.7 Å². The molecule has 1 N–H and O–H groups in total. The van der Waals surface area contributed by atoms with Gasteiger partial charge in [0.25, 0.3) is 0 Å². The molecule has 3 heterocycles. The normalized spacial score (nSPS) is 15.9. The minimum atomic E-state index is 0.394. The number of anilines is 3. The molecule has 3 rings (SSSR count). The van der Waals surface area contributed by atoms with Crippen molar-refractivity contribution < 1.29 is 4.52 Å². The van der Waals surface area contributed by atoms with Gasteiger partial charge in [-0.15, -0.1) is 0 Å². The van der Waals surface area contributed by atoms with E-state index >= 15 is 0 Å². The van der Waals surface area contributed by atoms with Gasteiger partial charge in [-0.2, -0.15) is 4.98 Å². The van der Waals surface area contributed by atoms with Crippen molar-refractivity contribution in [3.63, 3.8) is 0 Å². The summed E-state index contributed by atoms with van der Waals surface area (Å²) >= 11 is 0. The van der Waals surface area contributed by atoms with Gasteiger partial charge in [-0.05, 0) is 19.8 Å². The average molecular weight is 303 g/mol. The quantitative estimate of drug-likeness (QED) is 0.905. The molecule has 0 atom stereocenters. The van der Waals surface area contributed by atoms with Crippen molar-refractivity contribution in [1.82, 2.24) is 20.1 Å². The molecule has 1 aliphatic heterocycles. The highest BCUT2D eigenvalue weighted by Crippen LogP contribution is 2.21. The van der Waals surface area contributed by atoms with Gasteiger partial charge >= 0.3 is 6.01 Å². The minimum Gasteiger partial charge on any atom is -0.367 e. The van der Waals surface area contributed by atoms with Crippen LogP contribution in [0, 0.1) is 6.92 Å². The molecule has 118 valence electrons. The summed E-state index contributed by atoms with van der Waals surface area (Å²) < 4.78 is 5.22. The van der Waals surface area contributed by atoms with Gasteiger partial charge in [-0.25, -0.2) is 9.97 Å². The molecule has 0 radical (unpaired) electrons. The smallest absolute Gasteiger partial charge is 0.324 e. The second-order valence-corrected chi connectivity index (χ2v) is 5.69. The van der Waals surface area contributed by atoms with E-state index < -0.39 is 0 Å². The second-order valence-electron chi connectivity index (χ2n) is 5.69. The molecule has 0 bridgehead atoms. The summed E-state index contributed by atoms with van der Waals surface area (Å²) in [5.41, 5.74) is 0. The first-order valence-corrected chi connectivity index (χ1v) is 7.43. The van der Waals surface area contributed by atoms with Crippen LogP contribution in [-0.4, -0.2) is 53.3 Å². The number of aromatic nitrogens is 4. The Labute approximate surface area is 129 Å². The van der Waals surface area contributed by atoms with Crippen LogP contribution < -0.4 is 15.1 Å².